The molecule has 1 N–H and O–H groups in total. The van der Waals surface area contributed by atoms with Gasteiger partial charge in [-0.05, 0) is 22.8 Å². The normalized spacial score (nSPS) is 10.8. The van der Waals surface area contributed by atoms with Crippen LogP contribution in [0.15, 0.2) is 103 Å². The number of carboxylic acid groups (broad SMARTS) is 1. The van der Waals surface area contributed by atoms with Crippen molar-refractivity contribution in [3.63, 3.8) is 0 Å². The van der Waals surface area contributed by atoms with Gasteiger partial charge in [-0.1, -0.05) is 72.8 Å². The van der Waals surface area contributed by atoms with E-state index in [1.165, 1.54) is 6.07 Å². The molecule has 0 aliphatic rings. The van der Waals surface area contributed by atoms with Crippen LogP contribution in [0, 0.1) is 10.1 Å². The van der Waals surface area contributed by atoms with E-state index in [1.807, 2.05) is 42.5 Å². The first kappa shape index (κ1) is 26.1. The summed E-state index contributed by atoms with van der Waals surface area (Å²) >= 11 is 0. The molecule has 0 radical (unpaired) electrons. The molecular formula is C27H22F3N2O4+. The van der Waals surface area contributed by atoms with Crippen LogP contribution in [0.25, 0.3) is 22.3 Å². The van der Waals surface area contributed by atoms with Gasteiger partial charge in [0.1, 0.15) is 0 Å². The molecule has 0 saturated heterocycles. The molecule has 1 aromatic heterocycles. The average molecular weight is 495 g/mol. The molecule has 0 aliphatic carbocycles. The Bertz CT molecular complexity index is 1270. The molecule has 6 nitrogen and oxygen atoms in total. The number of aryl methyl sites for hydroxylation is 2. The van der Waals surface area contributed by atoms with Crippen LogP contribution >= 0.6 is 0 Å². The van der Waals surface area contributed by atoms with E-state index in [0.717, 1.165) is 40.8 Å². The minimum absolute atomic E-state index is 0.135. The number of carbonyl (C=O) groups is 1. The van der Waals surface area contributed by atoms with Crippen molar-refractivity contribution in [1.82, 2.24) is 0 Å². The third-order valence-corrected chi connectivity index (χ3v) is 5.16. The molecule has 9 heteroatoms. The number of aliphatic carboxylic acids is 1. The molecule has 0 unspecified atom stereocenters. The summed E-state index contributed by atoms with van der Waals surface area (Å²) in [7, 11) is 0. The zero-order valence-electron chi connectivity index (χ0n) is 18.9. The molecule has 0 aliphatic heterocycles. The standard InChI is InChI=1S/C25H21N2O2.C2HF3O2/c28-27(29)25-13-7-8-20(16-25)14-15-26-18-23(21-9-3-1-4-10-21)17-24(19-26)22-11-5-2-6-12-22;3-2(4,5)1(6)7/h1-13,16-19H,14-15H2;(H,6,7)/q+1;. The molecule has 0 amide bonds. The number of hydrogen-bond donors (Lipinski definition) is 1. The first-order valence-corrected chi connectivity index (χ1v) is 10.8. The Morgan fingerprint density at radius 3 is 1.75 bits per heavy atom. The molecule has 3 aromatic carbocycles. The maximum Gasteiger partial charge on any atom is 0.490 e. The number of non-ortho nitro benzene ring substituents is 1. The summed E-state index contributed by atoms with van der Waals surface area (Å²) in [5.74, 6) is -2.76. The van der Waals surface area contributed by atoms with E-state index in [-0.39, 0.29) is 10.6 Å². The lowest BCUT2D eigenvalue weighted by atomic mass is 10.0. The van der Waals surface area contributed by atoms with Gasteiger partial charge in [-0.2, -0.15) is 13.2 Å². The number of nitro benzene ring substituents is 1. The Balaban J connectivity index is 0.000000454. The van der Waals surface area contributed by atoms with Gasteiger partial charge in [0.05, 0.1) is 4.92 Å². The van der Waals surface area contributed by atoms with Crippen molar-refractivity contribution in [3.05, 3.63) is 119 Å². The smallest absolute Gasteiger partial charge is 0.475 e. The Hall–Kier alpha value is -4.53. The summed E-state index contributed by atoms with van der Waals surface area (Å²) in [6, 6.07) is 29.7. The second-order valence-corrected chi connectivity index (χ2v) is 7.76. The van der Waals surface area contributed by atoms with Gasteiger partial charge in [-0.25, -0.2) is 9.36 Å². The third-order valence-electron chi connectivity index (χ3n) is 5.16. The maximum absolute atomic E-state index is 11.0. The lowest BCUT2D eigenvalue weighted by molar-refractivity contribution is -0.695. The van der Waals surface area contributed by atoms with E-state index in [2.05, 4.69) is 47.3 Å². The molecule has 184 valence electrons. The van der Waals surface area contributed by atoms with E-state index < -0.39 is 12.1 Å². The highest BCUT2D eigenvalue weighted by Crippen LogP contribution is 2.24. The molecule has 0 spiro atoms. The fourth-order valence-corrected chi connectivity index (χ4v) is 3.43. The summed E-state index contributed by atoms with van der Waals surface area (Å²) in [6.45, 7) is 0.738. The van der Waals surface area contributed by atoms with Crippen molar-refractivity contribution in [2.24, 2.45) is 0 Å². The van der Waals surface area contributed by atoms with Gasteiger partial charge in [-0.3, -0.25) is 10.1 Å². The Kier molecular flexibility index (Phi) is 8.51. The molecule has 0 atom stereocenters. The van der Waals surface area contributed by atoms with E-state index in [0.29, 0.717) is 0 Å². The number of pyridine rings is 1. The van der Waals surface area contributed by atoms with E-state index in [9.17, 15) is 23.3 Å². The predicted octanol–water partition coefficient (Wildman–Crippen LogP) is 6.09. The molecule has 0 fully saturated rings. The second-order valence-electron chi connectivity index (χ2n) is 7.76. The largest absolute Gasteiger partial charge is 0.490 e. The highest BCUT2D eigenvalue weighted by molar-refractivity contribution is 5.73. The van der Waals surface area contributed by atoms with Crippen LogP contribution in [-0.4, -0.2) is 22.2 Å². The quantitative estimate of drug-likeness (QED) is 0.199. The molecule has 36 heavy (non-hydrogen) atoms. The Morgan fingerprint density at radius 2 is 1.31 bits per heavy atom. The molecular weight excluding hydrogens is 473 g/mol. The number of benzene rings is 3. The van der Waals surface area contributed by atoms with Gasteiger partial charge in [0.15, 0.2) is 18.9 Å². The van der Waals surface area contributed by atoms with Gasteiger partial charge in [0.2, 0.25) is 0 Å². The van der Waals surface area contributed by atoms with Crippen LogP contribution in [-0.2, 0) is 17.8 Å². The highest BCUT2D eigenvalue weighted by Gasteiger charge is 2.38. The van der Waals surface area contributed by atoms with Crippen molar-refractivity contribution >= 4 is 11.7 Å². The molecule has 0 bridgehead atoms. The highest BCUT2D eigenvalue weighted by atomic mass is 19.4. The lowest BCUT2D eigenvalue weighted by Crippen LogP contribution is -2.34. The van der Waals surface area contributed by atoms with Gasteiger partial charge < -0.3 is 5.11 Å². The Morgan fingerprint density at radius 1 is 0.806 bits per heavy atom. The molecule has 4 rings (SSSR count). The van der Waals surface area contributed by atoms with Crippen LogP contribution in [0.5, 0.6) is 0 Å². The molecule has 0 saturated carbocycles. The fourth-order valence-electron chi connectivity index (χ4n) is 3.43. The lowest BCUT2D eigenvalue weighted by Gasteiger charge is -2.07. The zero-order valence-corrected chi connectivity index (χ0v) is 18.9. The summed E-state index contributed by atoms with van der Waals surface area (Å²) in [6.07, 6.45) is -0.0862. The maximum atomic E-state index is 11.0. The number of nitrogens with zero attached hydrogens (tertiary/aromatic N) is 2. The third kappa shape index (κ3) is 7.49. The zero-order chi connectivity index (χ0) is 26.1. The van der Waals surface area contributed by atoms with Crippen molar-refractivity contribution in [2.45, 2.75) is 19.1 Å². The SMILES string of the molecule is O=C(O)C(F)(F)F.O=[N+]([O-])c1cccc(CC[n+]2cc(-c3ccccc3)cc(-c3ccccc3)c2)c1. The second kappa shape index (κ2) is 11.7. The summed E-state index contributed by atoms with van der Waals surface area (Å²) in [4.78, 5) is 19.6. The predicted molar refractivity (Wildman–Crippen MR) is 128 cm³/mol. The summed E-state index contributed by atoms with van der Waals surface area (Å²) in [5, 5.41) is 18.2. The fraction of sp³-hybridized carbons (Fsp3) is 0.111. The number of rotatable bonds is 6. The van der Waals surface area contributed by atoms with Crippen molar-refractivity contribution in [1.29, 1.82) is 0 Å². The van der Waals surface area contributed by atoms with Gasteiger partial charge in [0.25, 0.3) is 5.69 Å². The number of nitro groups is 1. The molecule has 4 aromatic rings. The average Bonchev–Trinajstić information content (AvgIpc) is 2.88. The van der Waals surface area contributed by atoms with Crippen molar-refractivity contribution in [3.8, 4) is 22.3 Å². The summed E-state index contributed by atoms with van der Waals surface area (Å²) in [5.41, 5.74) is 5.70. The van der Waals surface area contributed by atoms with Gasteiger partial charge in [0, 0.05) is 29.7 Å². The monoisotopic (exact) mass is 495 g/mol. The number of carboxylic acids is 1. The minimum Gasteiger partial charge on any atom is -0.475 e. The van der Waals surface area contributed by atoms with Crippen molar-refractivity contribution < 1.29 is 32.6 Å². The van der Waals surface area contributed by atoms with Gasteiger partial charge in [-0.15, -0.1) is 0 Å². The van der Waals surface area contributed by atoms with E-state index in [4.69, 9.17) is 9.90 Å². The van der Waals surface area contributed by atoms with Crippen LogP contribution in [0.4, 0.5) is 18.9 Å². The number of halogens is 3. The molecule has 1 heterocycles. The Labute approximate surface area is 205 Å². The first-order valence-electron chi connectivity index (χ1n) is 10.8. The number of hydrogen-bond acceptors (Lipinski definition) is 3. The van der Waals surface area contributed by atoms with E-state index in [1.54, 1.807) is 12.1 Å². The van der Waals surface area contributed by atoms with Gasteiger partial charge >= 0.3 is 12.1 Å². The van der Waals surface area contributed by atoms with Crippen LogP contribution in [0.3, 0.4) is 0 Å². The van der Waals surface area contributed by atoms with Crippen LogP contribution in [0.1, 0.15) is 5.56 Å². The number of aromatic nitrogens is 1. The minimum atomic E-state index is -5.08. The van der Waals surface area contributed by atoms with Crippen LogP contribution < -0.4 is 4.57 Å². The van der Waals surface area contributed by atoms with Crippen LogP contribution in [0.2, 0.25) is 0 Å². The number of alkyl halides is 3. The topological polar surface area (TPSA) is 84.3 Å². The van der Waals surface area contributed by atoms with Crippen molar-refractivity contribution in [2.75, 3.05) is 0 Å². The summed E-state index contributed by atoms with van der Waals surface area (Å²) < 4.78 is 33.9. The first-order chi connectivity index (χ1) is 17.1. The van der Waals surface area contributed by atoms with E-state index >= 15 is 0 Å².